The largest absolute Gasteiger partial charge is 0.381 e. The van der Waals surface area contributed by atoms with Crippen molar-refractivity contribution in [2.75, 3.05) is 19.8 Å². The van der Waals surface area contributed by atoms with Crippen LogP contribution in [0.4, 0.5) is 4.39 Å². The van der Waals surface area contributed by atoms with Gasteiger partial charge in [-0.1, -0.05) is 25.5 Å². The van der Waals surface area contributed by atoms with Crippen LogP contribution in [0.15, 0.2) is 24.3 Å². The minimum absolute atomic E-state index is 0.0399. The average molecular weight is 400 g/mol. The van der Waals surface area contributed by atoms with Crippen LogP contribution in [0.1, 0.15) is 70.8 Å². The number of benzene rings is 1. The number of amides is 1. The van der Waals surface area contributed by atoms with Gasteiger partial charge in [0.05, 0.1) is 0 Å². The molecule has 156 valence electrons. The van der Waals surface area contributed by atoms with Crippen LogP contribution >= 0.6 is 0 Å². The summed E-state index contributed by atoms with van der Waals surface area (Å²) in [5.41, 5.74) is 3.08. The van der Waals surface area contributed by atoms with Gasteiger partial charge in [-0.15, -0.1) is 0 Å². The van der Waals surface area contributed by atoms with E-state index < -0.39 is 0 Å². The van der Waals surface area contributed by atoms with E-state index >= 15 is 0 Å². The van der Waals surface area contributed by atoms with E-state index in [-0.39, 0.29) is 22.9 Å². The molecule has 1 aliphatic heterocycles. The minimum atomic E-state index is -0.369. The zero-order chi connectivity index (χ0) is 21.0. The van der Waals surface area contributed by atoms with Gasteiger partial charge in [0.1, 0.15) is 11.5 Å². The van der Waals surface area contributed by atoms with Gasteiger partial charge in [0.15, 0.2) is 5.78 Å². The van der Waals surface area contributed by atoms with Crippen LogP contribution in [0, 0.1) is 12.7 Å². The Kier molecular flexibility index (Phi) is 6.52. The van der Waals surface area contributed by atoms with Crippen molar-refractivity contribution >= 4 is 11.7 Å². The summed E-state index contributed by atoms with van der Waals surface area (Å²) in [5.74, 6) is -0.552. The molecular weight excluding hydrogens is 371 g/mol. The highest BCUT2D eigenvalue weighted by atomic mass is 19.1. The van der Waals surface area contributed by atoms with Crippen molar-refractivity contribution in [2.45, 2.75) is 51.9 Å². The molecule has 2 heterocycles. The summed E-state index contributed by atoms with van der Waals surface area (Å²) in [6.45, 7) is 6.90. The average Bonchev–Trinajstić information content (AvgIpc) is 3.03. The van der Waals surface area contributed by atoms with Crippen molar-refractivity contribution in [1.82, 2.24) is 10.3 Å². The molecular formula is C23H29FN2O3. The Morgan fingerprint density at radius 1 is 1.28 bits per heavy atom. The topological polar surface area (TPSA) is 71.2 Å². The maximum atomic E-state index is 13.9. The highest BCUT2D eigenvalue weighted by Gasteiger charge is 2.35. The van der Waals surface area contributed by atoms with Gasteiger partial charge >= 0.3 is 0 Å². The molecule has 2 aromatic rings. The number of aromatic amines is 1. The van der Waals surface area contributed by atoms with Crippen molar-refractivity contribution in [1.29, 1.82) is 0 Å². The number of rotatable bonds is 7. The van der Waals surface area contributed by atoms with Crippen molar-refractivity contribution in [2.24, 2.45) is 0 Å². The van der Waals surface area contributed by atoms with Crippen LogP contribution < -0.4 is 5.32 Å². The summed E-state index contributed by atoms with van der Waals surface area (Å²) >= 11 is 0. The van der Waals surface area contributed by atoms with Gasteiger partial charge in [0.25, 0.3) is 5.91 Å². The Balaban J connectivity index is 1.86. The molecule has 0 unspecified atom stereocenters. The quantitative estimate of drug-likeness (QED) is 0.688. The Hall–Kier alpha value is -2.47. The summed E-state index contributed by atoms with van der Waals surface area (Å²) in [6, 6.07) is 6.59. The molecule has 0 saturated carbocycles. The van der Waals surface area contributed by atoms with Crippen molar-refractivity contribution in [3.63, 3.8) is 0 Å². The predicted octanol–water partition coefficient (Wildman–Crippen LogP) is 4.10. The van der Waals surface area contributed by atoms with E-state index in [0.717, 1.165) is 23.2 Å². The smallest absolute Gasteiger partial charge is 0.268 e. The van der Waals surface area contributed by atoms with E-state index in [1.54, 1.807) is 12.1 Å². The van der Waals surface area contributed by atoms with Gasteiger partial charge < -0.3 is 15.0 Å². The lowest BCUT2D eigenvalue weighted by atomic mass is 9.74. The summed E-state index contributed by atoms with van der Waals surface area (Å²) < 4.78 is 19.4. The molecule has 1 aliphatic rings. The lowest BCUT2D eigenvalue weighted by Crippen LogP contribution is -2.44. The first kappa shape index (κ1) is 21.2. The van der Waals surface area contributed by atoms with E-state index in [4.69, 9.17) is 4.74 Å². The van der Waals surface area contributed by atoms with Crippen molar-refractivity contribution in [3.05, 3.63) is 58.2 Å². The highest BCUT2D eigenvalue weighted by Crippen LogP contribution is 2.35. The summed E-state index contributed by atoms with van der Waals surface area (Å²) in [4.78, 5) is 28.2. The number of ether oxygens (including phenoxy) is 1. The van der Waals surface area contributed by atoms with Crippen LogP contribution in [0.25, 0.3) is 0 Å². The fraction of sp³-hybridized carbons (Fsp3) is 0.478. The van der Waals surface area contributed by atoms with Gasteiger partial charge in [-0.25, -0.2) is 4.39 Å². The molecule has 2 N–H and O–H groups in total. The first-order valence-electron chi connectivity index (χ1n) is 10.2. The van der Waals surface area contributed by atoms with Crippen molar-refractivity contribution < 1.29 is 18.7 Å². The molecule has 29 heavy (non-hydrogen) atoms. The molecule has 1 fully saturated rings. The Labute approximate surface area is 171 Å². The molecule has 3 rings (SSSR count). The summed E-state index contributed by atoms with van der Waals surface area (Å²) in [6.07, 6.45) is 2.91. The van der Waals surface area contributed by atoms with Crippen LogP contribution in [0.5, 0.6) is 0 Å². The zero-order valence-electron chi connectivity index (χ0n) is 17.4. The molecule has 1 saturated heterocycles. The van der Waals surface area contributed by atoms with Gasteiger partial charge in [0, 0.05) is 36.4 Å². The fourth-order valence-electron chi connectivity index (χ4n) is 4.33. The lowest BCUT2D eigenvalue weighted by molar-refractivity contribution is 0.0485. The fourth-order valence-corrected chi connectivity index (χ4v) is 4.33. The van der Waals surface area contributed by atoms with E-state index in [9.17, 15) is 14.0 Å². The number of halogens is 1. The second-order valence-corrected chi connectivity index (χ2v) is 7.87. The number of Topliss-reactive ketones (excluding diaryl/α,β-unsaturated/α-hetero) is 1. The van der Waals surface area contributed by atoms with Gasteiger partial charge in [-0.05, 0) is 56.4 Å². The molecule has 0 aliphatic carbocycles. The molecule has 5 nitrogen and oxygen atoms in total. The van der Waals surface area contributed by atoms with E-state index in [0.29, 0.717) is 50.3 Å². The number of H-pyrrole nitrogens is 1. The maximum absolute atomic E-state index is 13.9. The summed E-state index contributed by atoms with van der Waals surface area (Å²) in [7, 11) is 0. The molecule has 1 aromatic heterocycles. The number of hydrogen-bond donors (Lipinski definition) is 2. The van der Waals surface area contributed by atoms with E-state index in [1.165, 1.54) is 13.0 Å². The number of ketones is 1. The maximum Gasteiger partial charge on any atom is 0.268 e. The first-order valence-corrected chi connectivity index (χ1v) is 10.2. The zero-order valence-corrected chi connectivity index (χ0v) is 17.4. The van der Waals surface area contributed by atoms with E-state index in [2.05, 4.69) is 10.3 Å². The lowest BCUT2D eigenvalue weighted by Gasteiger charge is -2.38. The third kappa shape index (κ3) is 4.42. The molecule has 1 aromatic carbocycles. The molecule has 1 amide bonds. The Morgan fingerprint density at radius 3 is 2.62 bits per heavy atom. The molecule has 0 atom stereocenters. The number of carbonyl (C=O) groups excluding carboxylic acids is 2. The third-order valence-electron chi connectivity index (χ3n) is 5.84. The molecule has 6 heteroatoms. The number of aromatic nitrogens is 1. The molecule has 0 bridgehead atoms. The number of nitrogens with one attached hydrogen (secondary N) is 2. The number of hydrogen-bond acceptors (Lipinski definition) is 3. The Bertz CT molecular complexity index is 898. The standard InChI is InChI=1S/C23H29FN2O3/c1-4-6-19-20(16(3)27)15(2)26-21(19)22(28)25-14-23(9-11-29-12-10-23)17-7-5-8-18(24)13-17/h5,7-8,13,26H,4,6,9-12,14H2,1-3H3,(H,25,28). The van der Waals surface area contributed by atoms with Gasteiger partial charge in [0.2, 0.25) is 0 Å². The first-order chi connectivity index (χ1) is 13.9. The second kappa shape index (κ2) is 8.91. The third-order valence-corrected chi connectivity index (χ3v) is 5.84. The second-order valence-electron chi connectivity index (χ2n) is 7.87. The SMILES string of the molecule is CCCc1c(C(=O)NCC2(c3cccc(F)c3)CCOCC2)[nH]c(C)c1C(C)=O. The van der Waals surface area contributed by atoms with Crippen LogP contribution in [-0.4, -0.2) is 36.4 Å². The molecule has 0 spiro atoms. The number of carbonyl (C=O) groups is 2. The molecule has 0 radical (unpaired) electrons. The van der Waals surface area contributed by atoms with E-state index in [1.807, 2.05) is 19.9 Å². The van der Waals surface area contributed by atoms with Crippen LogP contribution in [0.3, 0.4) is 0 Å². The normalized spacial score (nSPS) is 15.9. The number of aryl methyl sites for hydroxylation is 1. The highest BCUT2D eigenvalue weighted by molar-refractivity contribution is 6.02. The minimum Gasteiger partial charge on any atom is -0.381 e. The monoisotopic (exact) mass is 400 g/mol. The van der Waals surface area contributed by atoms with Crippen molar-refractivity contribution in [3.8, 4) is 0 Å². The van der Waals surface area contributed by atoms with Gasteiger partial charge in [-0.2, -0.15) is 0 Å². The van der Waals surface area contributed by atoms with Crippen LogP contribution in [-0.2, 0) is 16.6 Å². The Morgan fingerprint density at radius 2 is 2.00 bits per heavy atom. The summed E-state index contributed by atoms with van der Waals surface area (Å²) in [5, 5.41) is 3.05. The van der Waals surface area contributed by atoms with Gasteiger partial charge in [-0.3, -0.25) is 9.59 Å². The van der Waals surface area contributed by atoms with Crippen LogP contribution in [0.2, 0.25) is 0 Å². The predicted molar refractivity (Wildman–Crippen MR) is 110 cm³/mol.